The van der Waals surface area contributed by atoms with Crippen molar-refractivity contribution in [3.63, 3.8) is 0 Å². The molecule has 0 aliphatic rings. The van der Waals surface area contributed by atoms with E-state index in [-0.39, 0.29) is 25.7 Å². The summed E-state index contributed by atoms with van der Waals surface area (Å²) in [6.07, 6.45) is 0. The van der Waals surface area contributed by atoms with Gasteiger partial charge in [-0.25, -0.2) is 9.59 Å². The van der Waals surface area contributed by atoms with Crippen molar-refractivity contribution in [3.8, 4) is 0 Å². The molecule has 0 fully saturated rings. The smallest absolute Gasteiger partial charge is 0.417 e. The summed E-state index contributed by atoms with van der Waals surface area (Å²) in [5, 5.41) is 2.44. The zero-order valence-corrected chi connectivity index (χ0v) is 9.37. The van der Waals surface area contributed by atoms with Crippen LogP contribution in [-0.4, -0.2) is 37.6 Å². The van der Waals surface area contributed by atoms with Gasteiger partial charge in [0.15, 0.2) is 0 Å². The molecule has 0 aliphatic heterocycles. The number of ether oxygens (including phenoxy) is 2. The van der Waals surface area contributed by atoms with Gasteiger partial charge in [0.05, 0.1) is 13.2 Å². The number of esters is 2. The lowest BCUT2D eigenvalue weighted by molar-refractivity contribution is -0.167. The van der Waals surface area contributed by atoms with Crippen molar-refractivity contribution in [1.29, 1.82) is 0 Å². The third-order valence-corrected chi connectivity index (χ3v) is 1.45. The molecule has 0 bridgehead atoms. The summed E-state index contributed by atoms with van der Waals surface area (Å²) in [7, 11) is 0. The maximum absolute atomic E-state index is 11.0. The average molecular weight is 229 g/mol. The zero-order chi connectivity index (χ0) is 12.6. The second kappa shape index (κ2) is 7.44. The highest BCUT2D eigenvalue weighted by atomic mass is 16.6. The van der Waals surface area contributed by atoms with E-state index in [1.54, 1.807) is 13.8 Å². The van der Waals surface area contributed by atoms with Crippen molar-refractivity contribution in [1.82, 2.24) is 5.32 Å². The lowest BCUT2D eigenvalue weighted by Gasteiger charge is -2.05. The standard InChI is InChI=1S/C10H15NO5/c1-4-15-9(13)10(14)16-6-5-11-8(12)7(2)3/h2,4-6H2,1,3H3,(H,11,12). The third kappa shape index (κ3) is 5.79. The monoisotopic (exact) mass is 229 g/mol. The fourth-order valence-corrected chi connectivity index (χ4v) is 0.708. The molecule has 16 heavy (non-hydrogen) atoms. The number of carbonyl (C=O) groups is 3. The van der Waals surface area contributed by atoms with Crippen LogP contribution in [0.15, 0.2) is 12.2 Å². The average Bonchev–Trinajstić information content (AvgIpc) is 2.23. The Hall–Kier alpha value is -1.85. The number of hydrogen-bond acceptors (Lipinski definition) is 5. The predicted molar refractivity (Wildman–Crippen MR) is 55.4 cm³/mol. The maximum Gasteiger partial charge on any atom is 0.417 e. The normalized spacial score (nSPS) is 9.12. The van der Waals surface area contributed by atoms with Gasteiger partial charge in [-0.1, -0.05) is 6.58 Å². The maximum atomic E-state index is 11.0. The molecule has 0 aromatic heterocycles. The van der Waals surface area contributed by atoms with Gasteiger partial charge in [-0.2, -0.15) is 0 Å². The van der Waals surface area contributed by atoms with Crippen LogP contribution in [0.5, 0.6) is 0 Å². The Morgan fingerprint density at radius 3 is 2.25 bits per heavy atom. The van der Waals surface area contributed by atoms with E-state index in [9.17, 15) is 14.4 Å². The Morgan fingerprint density at radius 1 is 1.19 bits per heavy atom. The molecule has 90 valence electrons. The van der Waals surface area contributed by atoms with Crippen LogP contribution in [0.1, 0.15) is 13.8 Å². The van der Waals surface area contributed by atoms with Crippen LogP contribution in [0.2, 0.25) is 0 Å². The van der Waals surface area contributed by atoms with Gasteiger partial charge >= 0.3 is 11.9 Å². The van der Waals surface area contributed by atoms with E-state index < -0.39 is 11.9 Å². The minimum absolute atomic E-state index is 0.0866. The molecule has 0 unspecified atom stereocenters. The topological polar surface area (TPSA) is 81.7 Å². The van der Waals surface area contributed by atoms with Crippen molar-refractivity contribution in [3.05, 3.63) is 12.2 Å². The van der Waals surface area contributed by atoms with Gasteiger partial charge in [-0.15, -0.1) is 0 Å². The van der Waals surface area contributed by atoms with Crippen LogP contribution >= 0.6 is 0 Å². The van der Waals surface area contributed by atoms with Crippen LogP contribution in [-0.2, 0) is 23.9 Å². The SMILES string of the molecule is C=C(C)C(=O)NCCOC(=O)C(=O)OCC. The highest BCUT2D eigenvalue weighted by Crippen LogP contribution is 1.86. The summed E-state index contributed by atoms with van der Waals surface area (Å²) in [4.78, 5) is 32.6. The predicted octanol–water partition coefficient (Wildman–Crippen LogP) is -0.215. The first-order valence-electron chi connectivity index (χ1n) is 4.76. The molecular formula is C10H15NO5. The number of carbonyl (C=O) groups excluding carboxylic acids is 3. The third-order valence-electron chi connectivity index (χ3n) is 1.45. The Balaban J connectivity index is 3.67. The summed E-state index contributed by atoms with van der Waals surface area (Å²) in [5.41, 5.74) is 0.358. The Bertz CT molecular complexity index is 298. The van der Waals surface area contributed by atoms with Gasteiger partial charge in [-0.3, -0.25) is 4.79 Å². The molecule has 6 nitrogen and oxygen atoms in total. The van der Waals surface area contributed by atoms with Crippen LogP contribution in [0.25, 0.3) is 0 Å². The van der Waals surface area contributed by atoms with Crippen molar-refractivity contribution in [2.24, 2.45) is 0 Å². The van der Waals surface area contributed by atoms with E-state index in [2.05, 4.69) is 21.4 Å². The van der Waals surface area contributed by atoms with Crippen LogP contribution in [0, 0.1) is 0 Å². The molecule has 0 saturated heterocycles. The highest BCUT2D eigenvalue weighted by Gasteiger charge is 2.15. The lowest BCUT2D eigenvalue weighted by atomic mass is 10.3. The summed E-state index contributed by atoms with van der Waals surface area (Å²) in [5.74, 6) is -2.42. The van der Waals surface area contributed by atoms with Crippen LogP contribution < -0.4 is 5.32 Å². The van der Waals surface area contributed by atoms with Crippen molar-refractivity contribution < 1.29 is 23.9 Å². The molecule has 0 rings (SSSR count). The Kier molecular flexibility index (Phi) is 6.58. The number of rotatable bonds is 5. The molecular weight excluding hydrogens is 214 g/mol. The molecule has 0 heterocycles. The van der Waals surface area contributed by atoms with E-state index in [1.165, 1.54) is 0 Å². The number of hydrogen-bond donors (Lipinski definition) is 1. The van der Waals surface area contributed by atoms with Crippen LogP contribution in [0.3, 0.4) is 0 Å². The first kappa shape index (κ1) is 14.2. The molecule has 1 amide bonds. The molecule has 0 aromatic carbocycles. The second-order valence-corrected chi connectivity index (χ2v) is 2.89. The Labute approximate surface area is 93.6 Å². The number of nitrogens with one attached hydrogen (secondary N) is 1. The van der Waals surface area contributed by atoms with Gasteiger partial charge < -0.3 is 14.8 Å². The van der Waals surface area contributed by atoms with E-state index in [1.807, 2.05) is 0 Å². The lowest BCUT2D eigenvalue weighted by Crippen LogP contribution is -2.30. The number of amides is 1. The molecule has 6 heteroatoms. The van der Waals surface area contributed by atoms with Crippen molar-refractivity contribution in [2.45, 2.75) is 13.8 Å². The second-order valence-electron chi connectivity index (χ2n) is 2.89. The molecule has 0 aromatic rings. The largest absolute Gasteiger partial charge is 0.458 e. The molecule has 0 spiro atoms. The minimum Gasteiger partial charge on any atom is -0.458 e. The summed E-state index contributed by atoms with van der Waals surface area (Å²) >= 11 is 0. The van der Waals surface area contributed by atoms with Gasteiger partial charge in [0.25, 0.3) is 0 Å². The first-order chi connectivity index (χ1) is 7.49. The van der Waals surface area contributed by atoms with E-state index in [0.29, 0.717) is 5.57 Å². The zero-order valence-electron chi connectivity index (χ0n) is 9.37. The summed E-state index contributed by atoms with van der Waals surface area (Å²) in [6.45, 7) is 6.71. The molecule has 0 radical (unpaired) electrons. The molecule has 0 atom stereocenters. The molecule has 0 aliphatic carbocycles. The fraction of sp³-hybridized carbons (Fsp3) is 0.500. The highest BCUT2D eigenvalue weighted by molar-refractivity contribution is 6.29. The minimum atomic E-state index is -1.06. The fourth-order valence-electron chi connectivity index (χ4n) is 0.708. The summed E-state index contributed by atoms with van der Waals surface area (Å²) < 4.78 is 8.93. The molecule has 0 saturated carbocycles. The van der Waals surface area contributed by atoms with Crippen molar-refractivity contribution >= 4 is 17.8 Å². The van der Waals surface area contributed by atoms with Crippen LogP contribution in [0.4, 0.5) is 0 Å². The van der Waals surface area contributed by atoms with Gasteiger partial charge in [0, 0.05) is 5.57 Å². The molecule has 1 N–H and O–H groups in total. The van der Waals surface area contributed by atoms with E-state index >= 15 is 0 Å². The van der Waals surface area contributed by atoms with E-state index in [4.69, 9.17) is 0 Å². The first-order valence-corrected chi connectivity index (χ1v) is 4.76. The Morgan fingerprint density at radius 2 is 1.75 bits per heavy atom. The quantitative estimate of drug-likeness (QED) is 0.305. The van der Waals surface area contributed by atoms with Crippen molar-refractivity contribution in [2.75, 3.05) is 19.8 Å². The van der Waals surface area contributed by atoms with Gasteiger partial charge in [-0.05, 0) is 13.8 Å². The van der Waals surface area contributed by atoms with Gasteiger partial charge in [0.1, 0.15) is 6.61 Å². The van der Waals surface area contributed by atoms with Gasteiger partial charge in [0.2, 0.25) is 5.91 Å². The summed E-state index contributed by atoms with van der Waals surface area (Å²) in [6, 6.07) is 0. The van der Waals surface area contributed by atoms with E-state index in [0.717, 1.165) is 0 Å².